The number of aryl methyl sites for hydroxylation is 1. The van der Waals surface area contributed by atoms with Gasteiger partial charge in [-0.3, -0.25) is 9.78 Å². The van der Waals surface area contributed by atoms with Gasteiger partial charge < -0.3 is 14.5 Å². The third-order valence-electron chi connectivity index (χ3n) is 3.89. The molecule has 1 amide bonds. The molecule has 5 heteroatoms. The molecule has 0 fully saturated rings. The van der Waals surface area contributed by atoms with E-state index in [1.807, 2.05) is 63.5 Å². The predicted molar refractivity (Wildman–Crippen MR) is 99.5 cm³/mol. The summed E-state index contributed by atoms with van der Waals surface area (Å²) in [5, 5.41) is 0. The highest BCUT2D eigenvalue weighted by Gasteiger charge is 2.22. The Bertz CT molecular complexity index is 656. The lowest BCUT2D eigenvalue weighted by Gasteiger charge is -2.27. The molecule has 0 aliphatic carbocycles. The van der Waals surface area contributed by atoms with Crippen molar-refractivity contribution >= 4 is 5.91 Å². The van der Waals surface area contributed by atoms with Gasteiger partial charge in [-0.2, -0.15) is 0 Å². The molecule has 0 saturated carbocycles. The van der Waals surface area contributed by atoms with Gasteiger partial charge in [0.1, 0.15) is 5.75 Å². The van der Waals surface area contributed by atoms with Crippen molar-refractivity contribution in [1.29, 1.82) is 0 Å². The van der Waals surface area contributed by atoms with E-state index < -0.39 is 6.10 Å². The molecular weight excluding hydrogens is 314 g/mol. The molecule has 0 unspecified atom stereocenters. The molecule has 134 valence electrons. The molecule has 0 bridgehead atoms. The van der Waals surface area contributed by atoms with Crippen molar-refractivity contribution in [2.45, 2.75) is 26.5 Å². The zero-order chi connectivity index (χ0) is 18.2. The second kappa shape index (κ2) is 9.18. The van der Waals surface area contributed by atoms with Gasteiger partial charge in [0.25, 0.3) is 5.91 Å². The predicted octanol–water partition coefficient (Wildman–Crippen LogP) is 2.75. The minimum absolute atomic E-state index is 0.0342. The Morgan fingerprint density at radius 2 is 1.84 bits per heavy atom. The lowest BCUT2D eigenvalue weighted by Crippen LogP contribution is -2.43. The number of rotatable bonds is 8. The molecule has 0 aliphatic rings. The molecule has 1 heterocycles. The zero-order valence-electron chi connectivity index (χ0n) is 15.5. The molecule has 0 N–H and O–H groups in total. The van der Waals surface area contributed by atoms with Crippen LogP contribution in [0.15, 0.2) is 48.7 Å². The summed E-state index contributed by atoms with van der Waals surface area (Å²) < 4.78 is 5.83. The molecular formula is C20H27N3O2. The summed E-state index contributed by atoms with van der Waals surface area (Å²) >= 11 is 0. The van der Waals surface area contributed by atoms with E-state index in [9.17, 15) is 4.79 Å². The van der Waals surface area contributed by atoms with Crippen LogP contribution in [0.1, 0.15) is 18.2 Å². The fraction of sp³-hybridized carbons (Fsp3) is 0.400. The minimum Gasteiger partial charge on any atom is -0.481 e. The normalized spacial score (nSPS) is 12.0. The van der Waals surface area contributed by atoms with Crippen LogP contribution in [0.5, 0.6) is 5.75 Å². The van der Waals surface area contributed by atoms with Gasteiger partial charge in [-0.1, -0.05) is 23.8 Å². The Balaban J connectivity index is 2.05. The largest absolute Gasteiger partial charge is 0.481 e. The van der Waals surface area contributed by atoms with Gasteiger partial charge in [0.2, 0.25) is 0 Å². The molecule has 2 aromatic rings. The highest BCUT2D eigenvalue weighted by atomic mass is 16.5. The number of hydrogen-bond acceptors (Lipinski definition) is 4. The fourth-order valence-electron chi connectivity index (χ4n) is 2.40. The van der Waals surface area contributed by atoms with Gasteiger partial charge in [-0.25, -0.2) is 0 Å². The van der Waals surface area contributed by atoms with E-state index in [1.165, 1.54) is 0 Å². The summed E-state index contributed by atoms with van der Waals surface area (Å²) in [6.45, 7) is 5.71. The van der Waals surface area contributed by atoms with E-state index in [2.05, 4.69) is 9.88 Å². The molecule has 2 rings (SSSR count). The number of aromatic nitrogens is 1. The van der Waals surface area contributed by atoms with Gasteiger partial charge in [-0.15, -0.1) is 0 Å². The quantitative estimate of drug-likeness (QED) is 0.741. The fourth-order valence-corrected chi connectivity index (χ4v) is 2.40. The molecule has 0 aliphatic heterocycles. The first-order valence-electron chi connectivity index (χ1n) is 8.52. The number of benzene rings is 1. The van der Waals surface area contributed by atoms with Crippen LogP contribution in [0.4, 0.5) is 0 Å². The van der Waals surface area contributed by atoms with Crippen molar-refractivity contribution in [2.75, 3.05) is 27.2 Å². The number of hydrogen-bond donors (Lipinski definition) is 0. The number of likely N-dealkylation sites (N-methyl/N-ethyl adjacent to an activating group) is 1. The number of ether oxygens (including phenoxy) is 1. The van der Waals surface area contributed by atoms with Gasteiger partial charge >= 0.3 is 0 Å². The van der Waals surface area contributed by atoms with Gasteiger partial charge in [0, 0.05) is 19.3 Å². The van der Waals surface area contributed by atoms with Crippen molar-refractivity contribution in [3.63, 3.8) is 0 Å². The van der Waals surface area contributed by atoms with Crippen LogP contribution in [-0.4, -0.2) is 54.0 Å². The summed E-state index contributed by atoms with van der Waals surface area (Å²) in [6, 6.07) is 13.5. The summed E-state index contributed by atoms with van der Waals surface area (Å²) in [6.07, 6.45) is 1.20. The Kier molecular flexibility index (Phi) is 6.95. The van der Waals surface area contributed by atoms with Crippen molar-refractivity contribution < 1.29 is 9.53 Å². The average molecular weight is 341 g/mol. The summed E-state index contributed by atoms with van der Waals surface area (Å²) in [5.74, 6) is 0.671. The van der Waals surface area contributed by atoms with E-state index >= 15 is 0 Å². The lowest BCUT2D eigenvalue weighted by atomic mass is 10.2. The number of pyridine rings is 1. The third kappa shape index (κ3) is 6.19. The van der Waals surface area contributed by atoms with Crippen molar-refractivity contribution in [3.05, 3.63) is 59.9 Å². The van der Waals surface area contributed by atoms with Crippen LogP contribution in [0.25, 0.3) is 0 Å². The Labute approximate surface area is 150 Å². The molecule has 0 radical (unpaired) electrons. The molecule has 1 aromatic heterocycles. The average Bonchev–Trinajstić information content (AvgIpc) is 2.60. The molecule has 0 saturated heterocycles. The first kappa shape index (κ1) is 18.9. The number of carbonyl (C=O) groups is 1. The van der Waals surface area contributed by atoms with Gasteiger partial charge in [0.05, 0.1) is 12.2 Å². The number of amides is 1. The second-order valence-electron chi connectivity index (χ2n) is 6.46. The van der Waals surface area contributed by atoms with Crippen LogP contribution < -0.4 is 4.74 Å². The van der Waals surface area contributed by atoms with Crippen molar-refractivity contribution in [2.24, 2.45) is 0 Å². The smallest absolute Gasteiger partial charge is 0.263 e. The van der Waals surface area contributed by atoms with E-state index in [1.54, 1.807) is 18.0 Å². The highest BCUT2D eigenvalue weighted by Crippen LogP contribution is 2.15. The maximum Gasteiger partial charge on any atom is 0.263 e. The van der Waals surface area contributed by atoms with Crippen LogP contribution >= 0.6 is 0 Å². The summed E-state index contributed by atoms with van der Waals surface area (Å²) in [7, 11) is 3.99. The maximum absolute atomic E-state index is 12.9. The monoisotopic (exact) mass is 341 g/mol. The van der Waals surface area contributed by atoms with Gasteiger partial charge in [0.15, 0.2) is 6.10 Å². The van der Waals surface area contributed by atoms with Crippen LogP contribution in [0, 0.1) is 6.92 Å². The van der Waals surface area contributed by atoms with Crippen LogP contribution in [0.2, 0.25) is 0 Å². The van der Waals surface area contributed by atoms with Crippen molar-refractivity contribution in [1.82, 2.24) is 14.8 Å². The first-order chi connectivity index (χ1) is 12.0. The first-order valence-corrected chi connectivity index (χ1v) is 8.52. The van der Waals surface area contributed by atoms with Gasteiger partial charge in [-0.05, 0) is 52.2 Å². The topological polar surface area (TPSA) is 45.7 Å². The summed E-state index contributed by atoms with van der Waals surface area (Å²) in [5.41, 5.74) is 2.03. The van der Waals surface area contributed by atoms with Crippen LogP contribution in [0.3, 0.4) is 0 Å². The Morgan fingerprint density at radius 3 is 2.44 bits per heavy atom. The third-order valence-corrected chi connectivity index (χ3v) is 3.89. The minimum atomic E-state index is -0.548. The van der Waals surface area contributed by atoms with E-state index in [-0.39, 0.29) is 5.91 Å². The summed E-state index contributed by atoms with van der Waals surface area (Å²) in [4.78, 5) is 21.1. The highest BCUT2D eigenvalue weighted by molar-refractivity contribution is 5.80. The second-order valence-corrected chi connectivity index (χ2v) is 6.46. The van der Waals surface area contributed by atoms with E-state index in [0.717, 1.165) is 17.8 Å². The standard InChI is InChI=1S/C20H27N3O2/c1-16-8-10-19(11-9-16)25-17(2)20(24)23(14-13-22(3)4)15-18-7-5-6-12-21-18/h5-12,17H,13-15H2,1-4H3/t17-/m0/s1. The molecule has 0 spiro atoms. The molecule has 25 heavy (non-hydrogen) atoms. The Hall–Kier alpha value is -2.40. The Morgan fingerprint density at radius 1 is 1.12 bits per heavy atom. The maximum atomic E-state index is 12.9. The SMILES string of the molecule is Cc1ccc(O[C@@H](C)C(=O)N(CCN(C)C)Cc2ccccn2)cc1. The van der Waals surface area contributed by atoms with E-state index in [4.69, 9.17) is 4.74 Å². The lowest BCUT2D eigenvalue weighted by molar-refractivity contribution is -0.138. The molecule has 5 nitrogen and oxygen atoms in total. The number of nitrogens with zero attached hydrogens (tertiary/aromatic N) is 3. The van der Waals surface area contributed by atoms with Crippen molar-refractivity contribution in [3.8, 4) is 5.75 Å². The number of carbonyl (C=O) groups excluding carboxylic acids is 1. The zero-order valence-corrected chi connectivity index (χ0v) is 15.5. The molecule has 1 atom stereocenters. The van der Waals surface area contributed by atoms with E-state index in [0.29, 0.717) is 18.8 Å². The molecule has 1 aromatic carbocycles. The van der Waals surface area contributed by atoms with Crippen LogP contribution in [-0.2, 0) is 11.3 Å².